The number of hydrogen-bond acceptors (Lipinski definition) is 4. The summed E-state index contributed by atoms with van der Waals surface area (Å²) >= 11 is 0. The Morgan fingerprint density at radius 1 is 0.793 bits per heavy atom. The SMILES string of the molecule is COc1ccc(S(=O)(=O)NC2C3c4ccccc4C(c4ccccc43)C2O)cc1. The summed E-state index contributed by atoms with van der Waals surface area (Å²) in [6.07, 6.45) is -0.849. The Balaban J connectivity index is 1.58. The average molecular weight is 407 g/mol. The zero-order valence-electron chi connectivity index (χ0n) is 15.8. The molecule has 2 atom stereocenters. The van der Waals surface area contributed by atoms with Crippen molar-refractivity contribution in [1.29, 1.82) is 0 Å². The molecular formula is C23H21NO4S. The highest BCUT2D eigenvalue weighted by Crippen LogP contribution is 2.52. The highest BCUT2D eigenvalue weighted by molar-refractivity contribution is 7.89. The molecule has 0 aliphatic heterocycles. The average Bonchev–Trinajstić information content (AvgIpc) is 2.75. The summed E-state index contributed by atoms with van der Waals surface area (Å²) in [6.45, 7) is 0. The zero-order chi connectivity index (χ0) is 20.2. The zero-order valence-corrected chi connectivity index (χ0v) is 16.6. The lowest BCUT2D eigenvalue weighted by Crippen LogP contribution is -2.55. The highest BCUT2D eigenvalue weighted by atomic mass is 32.2. The molecule has 3 aliphatic rings. The third-order valence-corrected chi connectivity index (χ3v) is 7.54. The second kappa shape index (κ2) is 6.69. The van der Waals surface area contributed by atoms with Crippen LogP contribution in [0.3, 0.4) is 0 Å². The van der Waals surface area contributed by atoms with Crippen molar-refractivity contribution in [3.63, 3.8) is 0 Å². The second-order valence-corrected chi connectivity index (χ2v) is 9.24. The summed E-state index contributed by atoms with van der Waals surface area (Å²) in [5, 5.41) is 11.2. The number of aliphatic hydroxyl groups excluding tert-OH is 1. The molecule has 2 unspecified atom stereocenters. The molecule has 3 aromatic carbocycles. The minimum Gasteiger partial charge on any atom is -0.497 e. The molecule has 0 radical (unpaired) electrons. The molecule has 29 heavy (non-hydrogen) atoms. The van der Waals surface area contributed by atoms with Gasteiger partial charge in [0.15, 0.2) is 0 Å². The molecule has 0 fully saturated rings. The molecule has 2 bridgehead atoms. The van der Waals surface area contributed by atoms with E-state index in [1.165, 1.54) is 19.2 Å². The molecule has 3 aliphatic carbocycles. The van der Waals surface area contributed by atoms with Crippen molar-refractivity contribution in [2.24, 2.45) is 0 Å². The Kier molecular flexibility index (Phi) is 4.24. The molecule has 6 rings (SSSR count). The summed E-state index contributed by atoms with van der Waals surface area (Å²) in [5.74, 6) is 0.0925. The molecular weight excluding hydrogens is 386 g/mol. The molecule has 0 spiro atoms. The molecule has 0 amide bonds. The number of sulfonamides is 1. The first kappa shape index (κ1) is 18.4. The minimum absolute atomic E-state index is 0.147. The van der Waals surface area contributed by atoms with Crippen LogP contribution in [0.1, 0.15) is 34.1 Å². The van der Waals surface area contributed by atoms with Crippen LogP contribution in [0, 0.1) is 0 Å². The van der Waals surface area contributed by atoms with Crippen molar-refractivity contribution in [3.8, 4) is 5.75 Å². The van der Waals surface area contributed by atoms with Crippen LogP contribution in [0.4, 0.5) is 0 Å². The van der Waals surface area contributed by atoms with E-state index in [1.807, 2.05) is 48.5 Å². The summed E-state index contributed by atoms with van der Waals surface area (Å²) in [5.41, 5.74) is 4.29. The first-order chi connectivity index (χ1) is 14.0. The van der Waals surface area contributed by atoms with Gasteiger partial charge in [-0.25, -0.2) is 13.1 Å². The van der Waals surface area contributed by atoms with Gasteiger partial charge in [-0.2, -0.15) is 0 Å². The third-order valence-electron chi connectivity index (χ3n) is 6.06. The van der Waals surface area contributed by atoms with E-state index < -0.39 is 22.2 Å². The number of hydrogen-bond donors (Lipinski definition) is 2. The predicted octanol–water partition coefficient (Wildman–Crippen LogP) is 2.99. The van der Waals surface area contributed by atoms with Crippen molar-refractivity contribution < 1.29 is 18.3 Å². The number of ether oxygens (including phenoxy) is 1. The van der Waals surface area contributed by atoms with E-state index in [1.54, 1.807) is 12.1 Å². The summed E-state index contributed by atoms with van der Waals surface area (Å²) in [4.78, 5) is 0.147. The Labute approximate surface area is 170 Å². The fraction of sp³-hybridized carbons (Fsp3) is 0.217. The Hall–Kier alpha value is -2.67. The van der Waals surface area contributed by atoms with E-state index >= 15 is 0 Å². The van der Waals surface area contributed by atoms with E-state index in [0.717, 1.165) is 22.3 Å². The van der Waals surface area contributed by atoms with Crippen LogP contribution in [0.15, 0.2) is 77.7 Å². The van der Waals surface area contributed by atoms with Gasteiger partial charge in [0.2, 0.25) is 10.0 Å². The molecule has 0 saturated carbocycles. The van der Waals surface area contributed by atoms with Gasteiger partial charge in [0, 0.05) is 11.8 Å². The maximum absolute atomic E-state index is 13.1. The van der Waals surface area contributed by atoms with Gasteiger partial charge in [-0.15, -0.1) is 0 Å². The van der Waals surface area contributed by atoms with Gasteiger partial charge >= 0.3 is 0 Å². The first-order valence-corrected chi connectivity index (χ1v) is 11.0. The van der Waals surface area contributed by atoms with Crippen LogP contribution in [0.25, 0.3) is 0 Å². The summed E-state index contributed by atoms with van der Waals surface area (Å²) < 4.78 is 34.1. The lowest BCUT2D eigenvalue weighted by atomic mass is 9.60. The molecule has 0 saturated heterocycles. The van der Waals surface area contributed by atoms with E-state index in [4.69, 9.17) is 4.74 Å². The minimum atomic E-state index is -3.81. The fourth-order valence-electron chi connectivity index (χ4n) is 4.79. The van der Waals surface area contributed by atoms with Crippen molar-refractivity contribution in [3.05, 3.63) is 95.1 Å². The van der Waals surface area contributed by atoms with E-state index in [0.29, 0.717) is 5.75 Å². The van der Waals surface area contributed by atoms with Gasteiger partial charge in [0.25, 0.3) is 0 Å². The molecule has 2 N–H and O–H groups in total. The summed E-state index contributed by atoms with van der Waals surface area (Å²) in [7, 11) is -2.28. The quantitative estimate of drug-likeness (QED) is 0.697. The van der Waals surface area contributed by atoms with Gasteiger partial charge in [-0.3, -0.25) is 0 Å². The monoisotopic (exact) mass is 407 g/mol. The number of rotatable bonds is 4. The van der Waals surface area contributed by atoms with Crippen LogP contribution in [-0.4, -0.2) is 32.8 Å². The summed E-state index contributed by atoms with van der Waals surface area (Å²) in [6, 6.07) is 21.6. The number of nitrogens with one attached hydrogen (secondary N) is 1. The fourth-order valence-corrected chi connectivity index (χ4v) is 6.05. The second-order valence-electron chi connectivity index (χ2n) is 7.53. The van der Waals surface area contributed by atoms with Crippen LogP contribution in [0.2, 0.25) is 0 Å². The third kappa shape index (κ3) is 2.79. The number of fused-ring (bicyclic) bond motifs is 1. The smallest absolute Gasteiger partial charge is 0.240 e. The van der Waals surface area contributed by atoms with Crippen LogP contribution >= 0.6 is 0 Å². The van der Waals surface area contributed by atoms with E-state index in [9.17, 15) is 13.5 Å². The van der Waals surface area contributed by atoms with Gasteiger partial charge in [0.05, 0.1) is 24.2 Å². The Morgan fingerprint density at radius 3 is 1.76 bits per heavy atom. The standard InChI is InChI=1S/C23H21NO4S/c1-28-14-10-12-15(13-11-14)29(26,27)24-22-20-16-6-2-4-8-18(16)21(23(22)25)19-9-5-3-7-17(19)20/h2-13,20-25H,1H3. The number of aliphatic hydroxyl groups is 1. The van der Waals surface area contributed by atoms with Gasteiger partial charge in [0.1, 0.15) is 5.75 Å². The molecule has 148 valence electrons. The normalized spacial score (nSPS) is 24.6. The van der Waals surface area contributed by atoms with Crippen molar-refractivity contribution in [1.82, 2.24) is 4.72 Å². The lowest BCUT2D eigenvalue weighted by molar-refractivity contribution is 0.0946. The molecule has 3 aromatic rings. The van der Waals surface area contributed by atoms with Crippen molar-refractivity contribution in [2.75, 3.05) is 7.11 Å². The van der Waals surface area contributed by atoms with Crippen molar-refractivity contribution >= 4 is 10.0 Å². The van der Waals surface area contributed by atoms with E-state index in [-0.39, 0.29) is 16.7 Å². The Bertz CT molecular complexity index is 1130. The maximum atomic E-state index is 13.1. The van der Waals surface area contributed by atoms with Crippen LogP contribution in [-0.2, 0) is 10.0 Å². The maximum Gasteiger partial charge on any atom is 0.240 e. The highest BCUT2D eigenvalue weighted by Gasteiger charge is 2.50. The van der Waals surface area contributed by atoms with E-state index in [2.05, 4.69) is 4.72 Å². The molecule has 0 heterocycles. The number of benzene rings is 3. The Morgan fingerprint density at radius 2 is 1.28 bits per heavy atom. The van der Waals surface area contributed by atoms with Gasteiger partial charge in [-0.1, -0.05) is 48.5 Å². The van der Waals surface area contributed by atoms with Crippen LogP contribution in [0.5, 0.6) is 5.75 Å². The first-order valence-electron chi connectivity index (χ1n) is 9.53. The molecule has 6 heteroatoms. The molecule has 0 aromatic heterocycles. The predicted molar refractivity (Wildman–Crippen MR) is 110 cm³/mol. The lowest BCUT2D eigenvalue weighted by Gasteiger charge is -2.48. The topological polar surface area (TPSA) is 75.6 Å². The van der Waals surface area contributed by atoms with Gasteiger partial charge < -0.3 is 9.84 Å². The van der Waals surface area contributed by atoms with Gasteiger partial charge in [-0.05, 0) is 46.5 Å². The largest absolute Gasteiger partial charge is 0.497 e. The number of methoxy groups -OCH3 is 1. The van der Waals surface area contributed by atoms with Crippen LogP contribution < -0.4 is 9.46 Å². The molecule has 5 nitrogen and oxygen atoms in total. The van der Waals surface area contributed by atoms with Crippen molar-refractivity contribution in [2.45, 2.75) is 28.9 Å².